The number of anilines is 1. The summed E-state index contributed by atoms with van der Waals surface area (Å²) in [4.78, 5) is 16.8. The summed E-state index contributed by atoms with van der Waals surface area (Å²) < 4.78 is 7.13. The molecule has 1 amide bonds. The first-order chi connectivity index (χ1) is 11.6. The number of methoxy groups -OCH3 is 1. The number of nitrogens with zero attached hydrogens (tertiary/aromatic N) is 2. The second kappa shape index (κ2) is 6.74. The van der Waals surface area contributed by atoms with Crippen LogP contribution in [0.3, 0.4) is 0 Å². The normalized spacial score (nSPS) is 10.8. The Morgan fingerprint density at radius 3 is 2.67 bits per heavy atom. The van der Waals surface area contributed by atoms with E-state index in [1.165, 1.54) is 0 Å². The van der Waals surface area contributed by atoms with Gasteiger partial charge in [-0.2, -0.15) is 0 Å². The topological polar surface area (TPSA) is 55.6 Å². The monoisotopic (exact) mass is 323 g/mol. The van der Waals surface area contributed by atoms with Crippen molar-refractivity contribution in [3.05, 3.63) is 59.5 Å². The Kier molecular flexibility index (Phi) is 4.51. The molecule has 0 saturated heterocycles. The third-order valence-electron chi connectivity index (χ3n) is 4.20. The van der Waals surface area contributed by atoms with Crippen molar-refractivity contribution in [2.45, 2.75) is 26.7 Å². The van der Waals surface area contributed by atoms with Crippen molar-refractivity contribution in [3.8, 4) is 5.75 Å². The average molecular weight is 323 g/mol. The van der Waals surface area contributed by atoms with E-state index < -0.39 is 0 Å². The van der Waals surface area contributed by atoms with E-state index in [2.05, 4.69) is 10.3 Å². The van der Waals surface area contributed by atoms with Gasteiger partial charge in [-0.25, -0.2) is 4.98 Å². The van der Waals surface area contributed by atoms with Gasteiger partial charge >= 0.3 is 0 Å². The first-order valence-electron chi connectivity index (χ1n) is 7.95. The van der Waals surface area contributed by atoms with Gasteiger partial charge in [-0.1, -0.05) is 12.1 Å². The first-order valence-corrected chi connectivity index (χ1v) is 7.95. The Balaban J connectivity index is 1.67. The highest BCUT2D eigenvalue weighted by molar-refractivity contribution is 5.94. The van der Waals surface area contributed by atoms with E-state index in [4.69, 9.17) is 4.74 Å². The molecular weight excluding hydrogens is 302 g/mol. The highest BCUT2D eigenvalue weighted by Crippen LogP contribution is 2.20. The second-order valence-corrected chi connectivity index (χ2v) is 5.79. The Labute approximate surface area is 141 Å². The standard InChI is InChI=1S/C19H21N3O2/c1-13-14(2)22-12-4-5-17(19(22)20-13)21-18(23)11-8-15-6-9-16(24-3)10-7-15/h4-7,9-10,12H,8,11H2,1-3H3,(H,21,23). The lowest BCUT2D eigenvalue weighted by atomic mass is 10.1. The molecule has 0 bridgehead atoms. The van der Waals surface area contributed by atoms with Crippen molar-refractivity contribution in [2.24, 2.45) is 0 Å². The third kappa shape index (κ3) is 3.25. The van der Waals surface area contributed by atoms with Crippen LogP contribution in [-0.2, 0) is 11.2 Å². The van der Waals surface area contributed by atoms with Gasteiger partial charge in [0.1, 0.15) is 5.75 Å². The van der Waals surface area contributed by atoms with Crippen LogP contribution in [0.5, 0.6) is 5.75 Å². The van der Waals surface area contributed by atoms with E-state index in [0.29, 0.717) is 12.8 Å². The van der Waals surface area contributed by atoms with Crippen molar-refractivity contribution in [1.29, 1.82) is 0 Å². The number of nitrogens with one attached hydrogen (secondary N) is 1. The van der Waals surface area contributed by atoms with Gasteiger partial charge in [-0.15, -0.1) is 0 Å². The van der Waals surface area contributed by atoms with E-state index in [1.54, 1.807) is 7.11 Å². The molecule has 1 aromatic carbocycles. The van der Waals surface area contributed by atoms with Crippen LogP contribution in [-0.4, -0.2) is 22.4 Å². The van der Waals surface area contributed by atoms with Crippen LogP contribution in [0.25, 0.3) is 5.65 Å². The molecule has 124 valence electrons. The van der Waals surface area contributed by atoms with Gasteiger partial charge in [0.05, 0.1) is 18.5 Å². The van der Waals surface area contributed by atoms with Crippen molar-refractivity contribution in [2.75, 3.05) is 12.4 Å². The van der Waals surface area contributed by atoms with E-state index in [9.17, 15) is 4.79 Å². The number of ether oxygens (including phenoxy) is 1. The molecule has 0 fully saturated rings. The third-order valence-corrected chi connectivity index (χ3v) is 4.20. The molecule has 3 rings (SSSR count). The summed E-state index contributed by atoms with van der Waals surface area (Å²) in [5.41, 5.74) is 4.68. The number of fused-ring (bicyclic) bond motifs is 1. The number of hydrogen-bond donors (Lipinski definition) is 1. The predicted octanol–water partition coefficient (Wildman–Crippen LogP) is 3.53. The minimum atomic E-state index is -0.0165. The summed E-state index contributed by atoms with van der Waals surface area (Å²) in [6.07, 6.45) is 3.06. The lowest BCUT2D eigenvalue weighted by molar-refractivity contribution is -0.116. The lowest BCUT2D eigenvalue weighted by Crippen LogP contribution is -2.13. The SMILES string of the molecule is COc1ccc(CCC(=O)Nc2cccn3c(C)c(C)nc23)cc1. The maximum atomic E-state index is 12.3. The molecule has 0 spiro atoms. The number of aryl methyl sites for hydroxylation is 3. The zero-order valence-electron chi connectivity index (χ0n) is 14.2. The maximum absolute atomic E-state index is 12.3. The van der Waals surface area contributed by atoms with Crippen molar-refractivity contribution in [3.63, 3.8) is 0 Å². The van der Waals surface area contributed by atoms with Crippen LogP contribution >= 0.6 is 0 Å². The minimum Gasteiger partial charge on any atom is -0.497 e. The zero-order valence-corrected chi connectivity index (χ0v) is 14.2. The number of amides is 1. The van der Waals surface area contributed by atoms with E-state index in [0.717, 1.165) is 34.0 Å². The van der Waals surface area contributed by atoms with Crippen molar-refractivity contribution >= 4 is 17.2 Å². The van der Waals surface area contributed by atoms with Gasteiger partial charge in [0.2, 0.25) is 5.91 Å². The molecule has 1 N–H and O–H groups in total. The molecule has 0 aliphatic carbocycles. The van der Waals surface area contributed by atoms with Gasteiger partial charge in [0.25, 0.3) is 0 Å². The van der Waals surface area contributed by atoms with Crippen LogP contribution in [0.2, 0.25) is 0 Å². The van der Waals surface area contributed by atoms with Crippen LogP contribution in [0.1, 0.15) is 23.4 Å². The molecule has 0 saturated carbocycles. The fourth-order valence-corrected chi connectivity index (χ4v) is 2.66. The summed E-state index contributed by atoms with van der Waals surface area (Å²) in [5, 5.41) is 2.97. The zero-order chi connectivity index (χ0) is 17.1. The molecule has 2 heterocycles. The van der Waals surface area contributed by atoms with Crippen LogP contribution in [0.4, 0.5) is 5.69 Å². The molecule has 0 radical (unpaired) electrons. The molecule has 0 unspecified atom stereocenters. The highest BCUT2D eigenvalue weighted by atomic mass is 16.5. The number of pyridine rings is 1. The minimum absolute atomic E-state index is 0.0165. The van der Waals surface area contributed by atoms with Gasteiger partial charge in [0, 0.05) is 18.3 Å². The summed E-state index contributed by atoms with van der Waals surface area (Å²) in [6.45, 7) is 3.99. The molecule has 0 aliphatic heterocycles. The Morgan fingerprint density at radius 2 is 1.96 bits per heavy atom. The molecule has 24 heavy (non-hydrogen) atoms. The number of rotatable bonds is 5. The number of benzene rings is 1. The van der Waals surface area contributed by atoms with Crippen LogP contribution in [0.15, 0.2) is 42.6 Å². The predicted molar refractivity (Wildman–Crippen MR) is 94.6 cm³/mol. The van der Waals surface area contributed by atoms with Gasteiger partial charge in [0.15, 0.2) is 5.65 Å². The fourth-order valence-electron chi connectivity index (χ4n) is 2.66. The second-order valence-electron chi connectivity index (χ2n) is 5.79. The molecule has 5 nitrogen and oxygen atoms in total. The largest absolute Gasteiger partial charge is 0.497 e. The smallest absolute Gasteiger partial charge is 0.224 e. The van der Waals surface area contributed by atoms with Gasteiger partial charge in [-0.3, -0.25) is 4.79 Å². The maximum Gasteiger partial charge on any atom is 0.224 e. The molecule has 0 atom stereocenters. The van der Waals surface area contributed by atoms with Crippen LogP contribution in [0, 0.1) is 13.8 Å². The molecule has 5 heteroatoms. The molecule has 2 aromatic heterocycles. The van der Waals surface area contributed by atoms with Gasteiger partial charge < -0.3 is 14.5 Å². The number of imidazole rings is 1. The summed E-state index contributed by atoms with van der Waals surface area (Å²) in [5.74, 6) is 0.803. The van der Waals surface area contributed by atoms with E-state index >= 15 is 0 Å². The quantitative estimate of drug-likeness (QED) is 0.781. The number of carbonyl (C=O) groups excluding carboxylic acids is 1. The van der Waals surface area contributed by atoms with E-state index in [-0.39, 0.29) is 5.91 Å². The average Bonchev–Trinajstić information content (AvgIpc) is 2.89. The van der Waals surface area contributed by atoms with Crippen molar-refractivity contribution < 1.29 is 9.53 Å². The van der Waals surface area contributed by atoms with E-state index in [1.807, 2.05) is 60.8 Å². The molecular formula is C19H21N3O2. The first kappa shape index (κ1) is 16.1. The highest BCUT2D eigenvalue weighted by Gasteiger charge is 2.11. The number of aromatic nitrogens is 2. The molecule has 3 aromatic rings. The number of carbonyl (C=O) groups is 1. The Hall–Kier alpha value is -2.82. The molecule has 0 aliphatic rings. The Bertz CT molecular complexity index is 866. The summed E-state index contributed by atoms with van der Waals surface area (Å²) >= 11 is 0. The number of hydrogen-bond acceptors (Lipinski definition) is 3. The van der Waals surface area contributed by atoms with Gasteiger partial charge in [-0.05, 0) is 50.1 Å². The van der Waals surface area contributed by atoms with Crippen molar-refractivity contribution in [1.82, 2.24) is 9.38 Å². The summed E-state index contributed by atoms with van der Waals surface area (Å²) in [7, 11) is 1.64. The van der Waals surface area contributed by atoms with Crippen LogP contribution < -0.4 is 10.1 Å². The lowest BCUT2D eigenvalue weighted by Gasteiger charge is -2.07. The fraction of sp³-hybridized carbons (Fsp3) is 0.263. The Morgan fingerprint density at radius 1 is 1.21 bits per heavy atom. The summed E-state index contributed by atoms with van der Waals surface area (Å²) in [6, 6.07) is 11.6.